The molecular formula is C13H17N3O4S. The van der Waals surface area contributed by atoms with Gasteiger partial charge in [0.2, 0.25) is 0 Å². The molecule has 7 nitrogen and oxygen atoms in total. The molecule has 0 radical (unpaired) electrons. The van der Waals surface area contributed by atoms with Gasteiger partial charge in [-0.3, -0.25) is 13.9 Å². The number of carbonyl (C=O) groups excluding carboxylic acids is 1. The van der Waals surface area contributed by atoms with Crippen molar-refractivity contribution in [1.82, 2.24) is 9.13 Å². The van der Waals surface area contributed by atoms with Gasteiger partial charge in [0.1, 0.15) is 15.3 Å². The van der Waals surface area contributed by atoms with Crippen molar-refractivity contribution in [1.29, 1.82) is 0 Å². The number of ether oxygens (including phenoxy) is 1. The summed E-state index contributed by atoms with van der Waals surface area (Å²) in [5, 5.41) is 0.172. The highest BCUT2D eigenvalue weighted by molar-refractivity contribution is 7.21. The Kier molecular flexibility index (Phi) is 3.45. The molecule has 2 aromatic heterocycles. The molecule has 0 saturated carbocycles. The second kappa shape index (κ2) is 4.73. The number of thiophene rings is 1. The fourth-order valence-corrected chi connectivity index (χ4v) is 2.96. The molecule has 2 N–H and O–H groups in total. The summed E-state index contributed by atoms with van der Waals surface area (Å²) in [6.45, 7) is 5.22. The minimum Gasteiger partial charge on any atom is -0.456 e. The van der Waals surface area contributed by atoms with Crippen LogP contribution in [0.15, 0.2) is 9.59 Å². The van der Waals surface area contributed by atoms with Crippen LogP contribution < -0.4 is 17.0 Å². The first kappa shape index (κ1) is 15.3. The van der Waals surface area contributed by atoms with Gasteiger partial charge in [0.25, 0.3) is 5.56 Å². The van der Waals surface area contributed by atoms with Gasteiger partial charge in [0, 0.05) is 14.1 Å². The van der Waals surface area contributed by atoms with Crippen LogP contribution in [0.3, 0.4) is 0 Å². The number of hydrogen-bond donors (Lipinski definition) is 1. The van der Waals surface area contributed by atoms with Crippen molar-refractivity contribution in [2.75, 3.05) is 5.73 Å². The molecule has 21 heavy (non-hydrogen) atoms. The molecule has 0 bridgehead atoms. The van der Waals surface area contributed by atoms with Crippen molar-refractivity contribution in [2.24, 2.45) is 14.1 Å². The highest BCUT2D eigenvalue weighted by Crippen LogP contribution is 2.31. The van der Waals surface area contributed by atoms with Crippen molar-refractivity contribution >= 4 is 33.2 Å². The van der Waals surface area contributed by atoms with E-state index in [9.17, 15) is 14.4 Å². The number of hydrogen-bond acceptors (Lipinski definition) is 6. The topological polar surface area (TPSA) is 96.3 Å². The summed E-state index contributed by atoms with van der Waals surface area (Å²) < 4.78 is 7.53. The molecule has 0 atom stereocenters. The number of nitrogens with zero attached hydrogens (tertiary/aromatic N) is 2. The molecule has 2 heterocycles. The lowest BCUT2D eigenvalue weighted by atomic mass is 10.2. The molecule has 0 aliphatic heterocycles. The van der Waals surface area contributed by atoms with Crippen LogP contribution in [-0.2, 0) is 18.8 Å². The van der Waals surface area contributed by atoms with Crippen LogP contribution >= 0.6 is 11.3 Å². The maximum Gasteiger partial charge on any atom is 0.351 e. The van der Waals surface area contributed by atoms with Gasteiger partial charge in [-0.1, -0.05) is 0 Å². The van der Waals surface area contributed by atoms with E-state index in [2.05, 4.69) is 0 Å². The molecule has 2 rings (SSSR count). The molecule has 8 heteroatoms. The molecule has 0 aliphatic rings. The van der Waals surface area contributed by atoms with Crippen molar-refractivity contribution in [3.05, 3.63) is 25.7 Å². The van der Waals surface area contributed by atoms with Crippen LogP contribution in [0.25, 0.3) is 10.2 Å². The van der Waals surface area contributed by atoms with E-state index in [0.717, 1.165) is 15.9 Å². The Labute approximate surface area is 124 Å². The Morgan fingerprint density at radius 2 is 1.76 bits per heavy atom. The molecule has 114 valence electrons. The second-order valence-corrected chi connectivity index (χ2v) is 6.73. The summed E-state index contributed by atoms with van der Waals surface area (Å²) >= 11 is 0.986. The lowest BCUT2D eigenvalue weighted by Crippen LogP contribution is -2.36. The fourth-order valence-electron chi connectivity index (χ4n) is 1.92. The predicted molar refractivity (Wildman–Crippen MR) is 81.9 cm³/mol. The summed E-state index contributed by atoms with van der Waals surface area (Å²) in [5.41, 5.74) is 4.33. The SMILES string of the molecule is Cn1c(=O)c2c(N)c(C(=O)OC(C)(C)C)sc2n(C)c1=O. The van der Waals surface area contributed by atoms with Gasteiger partial charge in [0.05, 0.1) is 11.1 Å². The van der Waals surface area contributed by atoms with E-state index < -0.39 is 22.8 Å². The van der Waals surface area contributed by atoms with Crippen LogP contribution in [0, 0.1) is 0 Å². The highest BCUT2D eigenvalue weighted by atomic mass is 32.1. The molecule has 0 unspecified atom stereocenters. The third-order valence-electron chi connectivity index (χ3n) is 2.91. The molecule has 0 spiro atoms. The average molecular weight is 311 g/mol. The number of fused-ring (bicyclic) bond motifs is 1. The maximum atomic E-state index is 12.2. The van der Waals surface area contributed by atoms with E-state index in [0.29, 0.717) is 4.83 Å². The first-order valence-corrected chi connectivity index (χ1v) is 7.07. The lowest BCUT2D eigenvalue weighted by molar-refractivity contribution is 0.00764. The second-order valence-electron chi connectivity index (χ2n) is 5.73. The van der Waals surface area contributed by atoms with Gasteiger partial charge in [-0.05, 0) is 20.8 Å². The minimum absolute atomic E-state index is 0.0560. The van der Waals surface area contributed by atoms with Gasteiger partial charge in [-0.25, -0.2) is 9.59 Å². The third-order valence-corrected chi connectivity index (χ3v) is 4.17. The first-order valence-electron chi connectivity index (χ1n) is 6.26. The van der Waals surface area contributed by atoms with Crippen LogP contribution in [0.1, 0.15) is 30.4 Å². The van der Waals surface area contributed by atoms with Gasteiger partial charge >= 0.3 is 11.7 Å². The zero-order valence-electron chi connectivity index (χ0n) is 12.5. The minimum atomic E-state index is -0.670. The van der Waals surface area contributed by atoms with Gasteiger partial charge in [-0.2, -0.15) is 0 Å². The molecule has 0 saturated heterocycles. The monoisotopic (exact) mass is 311 g/mol. The Morgan fingerprint density at radius 3 is 2.29 bits per heavy atom. The summed E-state index contributed by atoms with van der Waals surface area (Å²) in [5.74, 6) is -0.601. The van der Waals surface area contributed by atoms with E-state index in [1.165, 1.54) is 18.7 Å². The number of nitrogens with two attached hydrogens (primary N) is 1. The highest BCUT2D eigenvalue weighted by Gasteiger charge is 2.26. The Bertz CT molecular complexity index is 851. The van der Waals surface area contributed by atoms with Crippen molar-refractivity contribution < 1.29 is 9.53 Å². The summed E-state index contributed by atoms with van der Waals surface area (Å²) in [7, 11) is 2.90. The van der Waals surface area contributed by atoms with Crippen LogP contribution in [0.5, 0.6) is 0 Å². The average Bonchev–Trinajstić information content (AvgIpc) is 2.70. The van der Waals surface area contributed by atoms with Gasteiger partial charge in [0.15, 0.2) is 0 Å². The van der Waals surface area contributed by atoms with Crippen molar-refractivity contribution in [2.45, 2.75) is 26.4 Å². The molecular weight excluding hydrogens is 294 g/mol. The van der Waals surface area contributed by atoms with Crippen molar-refractivity contribution in [3.63, 3.8) is 0 Å². The first-order chi connectivity index (χ1) is 9.54. The standard InChI is InChI=1S/C13H17N3O4S/c1-13(2,3)20-11(18)8-7(14)6-9(17)15(4)12(19)16(5)10(6)21-8/h14H2,1-5H3. The Hall–Kier alpha value is -2.09. The normalized spacial score (nSPS) is 11.9. The predicted octanol–water partition coefficient (Wildman–Crippen LogP) is 0.836. The van der Waals surface area contributed by atoms with Crippen LogP contribution in [0.2, 0.25) is 0 Å². The zero-order chi connectivity index (χ0) is 16.1. The smallest absolute Gasteiger partial charge is 0.351 e. The van der Waals surface area contributed by atoms with E-state index in [-0.39, 0.29) is 16.0 Å². The number of anilines is 1. The van der Waals surface area contributed by atoms with Crippen molar-refractivity contribution in [3.8, 4) is 0 Å². The zero-order valence-corrected chi connectivity index (χ0v) is 13.3. The number of aromatic nitrogens is 2. The number of aryl methyl sites for hydroxylation is 1. The number of carbonyl (C=O) groups is 1. The summed E-state index contributed by atoms with van der Waals surface area (Å²) in [4.78, 5) is 36.7. The Balaban J connectivity index is 2.76. The third kappa shape index (κ3) is 2.46. The van der Waals surface area contributed by atoms with E-state index in [1.54, 1.807) is 20.8 Å². The van der Waals surface area contributed by atoms with E-state index in [1.807, 2.05) is 0 Å². The van der Waals surface area contributed by atoms with E-state index in [4.69, 9.17) is 10.5 Å². The lowest BCUT2D eigenvalue weighted by Gasteiger charge is -2.18. The molecule has 0 aliphatic carbocycles. The quantitative estimate of drug-likeness (QED) is 0.787. The van der Waals surface area contributed by atoms with Crippen LogP contribution in [0.4, 0.5) is 5.69 Å². The fraction of sp³-hybridized carbons (Fsp3) is 0.462. The molecule has 0 fully saturated rings. The summed E-state index contributed by atoms with van der Waals surface area (Å²) in [6, 6.07) is 0. The van der Waals surface area contributed by atoms with Gasteiger partial charge in [-0.15, -0.1) is 11.3 Å². The van der Waals surface area contributed by atoms with Crippen LogP contribution in [-0.4, -0.2) is 20.7 Å². The van der Waals surface area contributed by atoms with Gasteiger partial charge < -0.3 is 10.5 Å². The van der Waals surface area contributed by atoms with E-state index >= 15 is 0 Å². The summed E-state index contributed by atoms with van der Waals surface area (Å²) in [6.07, 6.45) is 0. The largest absolute Gasteiger partial charge is 0.456 e. The molecule has 0 amide bonds. The maximum absolute atomic E-state index is 12.2. The number of rotatable bonds is 1. The molecule has 0 aromatic carbocycles. The number of esters is 1. The Morgan fingerprint density at radius 1 is 1.19 bits per heavy atom. The number of nitrogen functional groups attached to an aromatic ring is 1. The molecule has 2 aromatic rings.